The number of aryl methyl sites for hydroxylation is 2. The molecular formula is C25H27N3O5. The molecule has 172 valence electrons. The van der Waals surface area contributed by atoms with Crippen LogP contribution in [0.4, 0.5) is 11.4 Å². The summed E-state index contributed by atoms with van der Waals surface area (Å²) in [7, 11) is 1.60. The Morgan fingerprint density at radius 3 is 2.70 bits per heavy atom. The molecule has 8 heteroatoms. The largest absolute Gasteiger partial charge is 0.497 e. The summed E-state index contributed by atoms with van der Waals surface area (Å²) in [6.07, 6.45) is 4.11. The number of carbonyl (C=O) groups excluding carboxylic acids is 3. The molecule has 2 heterocycles. The summed E-state index contributed by atoms with van der Waals surface area (Å²) in [6, 6.07) is 9.12. The van der Waals surface area contributed by atoms with E-state index in [2.05, 4.69) is 10.6 Å². The van der Waals surface area contributed by atoms with Crippen LogP contribution in [0.5, 0.6) is 5.75 Å². The Morgan fingerprint density at radius 2 is 1.88 bits per heavy atom. The number of rotatable bonds is 4. The van der Waals surface area contributed by atoms with Gasteiger partial charge in [-0.25, -0.2) is 0 Å². The maximum Gasteiger partial charge on any atom is 0.313 e. The van der Waals surface area contributed by atoms with E-state index in [9.17, 15) is 19.5 Å². The number of amides is 3. The standard InChI is InChI=1S/C25H27N3O5/c1-33-19-6-7-20-15(12-19)4-2-8-25(20,32)14-26-23(30)24(31)27-18-10-16-5-3-9-28-21(29)13-17(11-18)22(16)28/h6-7,10-12,32H,2-5,8-9,13-14H2,1H3,(H,26,30)(H,27,31). The summed E-state index contributed by atoms with van der Waals surface area (Å²) in [5.41, 5.74) is 3.87. The second-order valence-electron chi connectivity index (χ2n) is 9.01. The van der Waals surface area contributed by atoms with Gasteiger partial charge in [0.25, 0.3) is 0 Å². The van der Waals surface area contributed by atoms with Crippen molar-refractivity contribution in [3.05, 3.63) is 52.6 Å². The summed E-state index contributed by atoms with van der Waals surface area (Å²) in [5, 5.41) is 16.5. The molecule has 33 heavy (non-hydrogen) atoms. The summed E-state index contributed by atoms with van der Waals surface area (Å²) in [4.78, 5) is 39.1. The summed E-state index contributed by atoms with van der Waals surface area (Å²) < 4.78 is 5.27. The van der Waals surface area contributed by atoms with Gasteiger partial charge in [-0.2, -0.15) is 0 Å². The van der Waals surface area contributed by atoms with E-state index in [0.29, 0.717) is 18.5 Å². The van der Waals surface area contributed by atoms with E-state index in [1.54, 1.807) is 19.2 Å². The highest BCUT2D eigenvalue weighted by Gasteiger charge is 2.36. The van der Waals surface area contributed by atoms with Gasteiger partial charge in [-0.15, -0.1) is 0 Å². The first-order chi connectivity index (χ1) is 15.9. The van der Waals surface area contributed by atoms with Crippen LogP contribution in [0.15, 0.2) is 30.3 Å². The van der Waals surface area contributed by atoms with E-state index < -0.39 is 17.4 Å². The van der Waals surface area contributed by atoms with Gasteiger partial charge in [-0.3, -0.25) is 14.4 Å². The molecular weight excluding hydrogens is 422 g/mol. The van der Waals surface area contributed by atoms with Crippen molar-refractivity contribution in [1.82, 2.24) is 5.32 Å². The monoisotopic (exact) mass is 449 g/mol. The van der Waals surface area contributed by atoms with Crippen LogP contribution < -0.4 is 20.3 Å². The van der Waals surface area contributed by atoms with Gasteiger partial charge in [0.2, 0.25) is 5.91 Å². The lowest BCUT2D eigenvalue weighted by Gasteiger charge is -2.34. The van der Waals surface area contributed by atoms with Crippen LogP contribution in [0, 0.1) is 0 Å². The van der Waals surface area contributed by atoms with Crippen LogP contribution in [0.1, 0.15) is 41.5 Å². The molecule has 0 aromatic heterocycles. The molecule has 0 fully saturated rings. The van der Waals surface area contributed by atoms with Crippen molar-refractivity contribution < 1.29 is 24.2 Å². The van der Waals surface area contributed by atoms with E-state index in [1.165, 1.54) is 0 Å². The molecule has 1 atom stereocenters. The van der Waals surface area contributed by atoms with Crippen LogP contribution in [-0.2, 0) is 39.2 Å². The molecule has 8 nitrogen and oxygen atoms in total. The van der Waals surface area contributed by atoms with Gasteiger partial charge in [-0.05, 0) is 78.6 Å². The predicted octanol–water partition coefficient (Wildman–Crippen LogP) is 1.81. The Bertz CT molecular complexity index is 1160. The van der Waals surface area contributed by atoms with Crippen LogP contribution in [0.25, 0.3) is 0 Å². The van der Waals surface area contributed by atoms with Crippen molar-refractivity contribution in [2.45, 2.75) is 44.1 Å². The number of benzene rings is 2. The summed E-state index contributed by atoms with van der Waals surface area (Å²) >= 11 is 0. The number of hydrogen-bond donors (Lipinski definition) is 3. The SMILES string of the molecule is COc1ccc2c(c1)CCCC2(O)CNC(=O)C(=O)Nc1cc2c3c(c1)CC(=O)N3CCC2. The lowest BCUT2D eigenvalue weighted by atomic mass is 9.79. The van der Waals surface area contributed by atoms with Crippen molar-refractivity contribution in [3.63, 3.8) is 0 Å². The normalized spacial score (nSPS) is 20.7. The highest BCUT2D eigenvalue weighted by molar-refractivity contribution is 6.39. The number of methoxy groups -OCH3 is 1. The minimum Gasteiger partial charge on any atom is -0.497 e. The summed E-state index contributed by atoms with van der Waals surface area (Å²) in [6.45, 7) is 0.670. The molecule has 2 aromatic carbocycles. The molecule has 0 saturated heterocycles. The number of hydrogen-bond acceptors (Lipinski definition) is 5. The van der Waals surface area contributed by atoms with E-state index in [-0.39, 0.29) is 12.5 Å². The smallest absolute Gasteiger partial charge is 0.313 e. The van der Waals surface area contributed by atoms with Crippen LogP contribution >= 0.6 is 0 Å². The molecule has 1 unspecified atom stereocenters. The van der Waals surface area contributed by atoms with Gasteiger partial charge >= 0.3 is 11.8 Å². The molecule has 0 radical (unpaired) electrons. The average Bonchev–Trinajstić information content (AvgIpc) is 3.14. The fraction of sp³-hybridized carbons (Fsp3) is 0.400. The first-order valence-corrected chi connectivity index (χ1v) is 11.3. The number of nitrogens with zero attached hydrogens (tertiary/aromatic N) is 1. The number of ether oxygens (including phenoxy) is 1. The van der Waals surface area contributed by atoms with Gasteiger partial charge in [0.05, 0.1) is 25.8 Å². The lowest BCUT2D eigenvalue weighted by molar-refractivity contribution is -0.137. The topological polar surface area (TPSA) is 108 Å². The first kappa shape index (κ1) is 21.5. The average molecular weight is 450 g/mol. The zero-order chi connectivity index (χ0) is 23.2. The highest BCUT2D eigenvalue weighted by atomic mass is 16.5. The molecule has 3 amide bonds. The first-order valence-electron chi connectivity index (χ1n) is 11.3. The van der Waals surface area contributed by atoms with E-state index in [0.717, 1.165) is 65.9 Å². The number of carbonyl (C=O) groups is 3. The fourth-order valence-electron chi connectivity index (χ4n) is 5.29. The van der Waals surface area contributed by atoms with Crippen LogP contribution in [-0.4, -0.2) is 43.0 Å². The second kappa shape index (κ2) is 8.19. The molecule has 0 spiro atoms. The molecule has 0 bridgehead atoms. The summed E-state index contributed by atoms with van der Waals surface area (Å²) in [5.74, 6) is -0.810. The third-order valence-corrected chi connectivity index (χ3v) is 6.86. The second-order valence-corrected chi connectivity index (χ2v) is 9.01. The van der Waals surface area contributed by atoms with Crippen LogP contribution in [0.3, 0.4) is 0 Å². The maximum absolute atomic E-state index is 12.6. The molecule has 0 saturated carbocycles. The zero-order valence-corrected chi connectivity index (χ0v) is 18.6. The molecule has 2 aromatic rings. The number of fused-ring (bicyclic) bond motifs is 1. The fourth-order valence-corrected chi connectivity index (χ4v) is 5.29. The van der Waals surface area contributed by atoms with E-state index >= 15 is 0 Å². The van der Waals surface area contributed by atoms with Crippen molar-refractivity contribution in [3.8, 4) is 5.75 Å². The van der Waals surface area contributed by atoms with Gasteiger partial charge in [0.15, 0.2) is 0 Å². The van der Waals surface area contributed by atoms with Gasteiger partial charge in [0.1, 0.15) is 11.4 Å². The molecule has 3 aliphatic rings. The van der Waals surface area contributed by atoms with Gasteiger partial charge in [-0.1, -0.05) is 6.07 Å². The van der Waals surface area contributed by atoms with Gasteiger partial charge in [0, 0.05) is 12.2 Å². The minimum atomic E-state index is -1.24. The van der Waals surface area contributed by atoms with Crippen molar-refractivity contribution in [2.24, 2.45) is 0 Å². The number of aliphatic hydroxyl groups is 1. The number of anilines is 2. The highest BCUT2D eigenvalue weighted by Crippen LogP contribution is 2.39. The third kappa shape index (κ3) is 3.84. The Morgan fingerprint density at radius 1 is 1.09 bits per heavy atom. The molecule has 1 aliphatic carbocycles. The predicted molar refractivity (Wildman–Crippen MR) is 122 cm³/mol. The molecule has 5 rings (SSSR count). The van der Waals surface area contributed by atoms with Crippen LogP contribution in [0.2, 0.25) is 0 Å². The van der Waals surface area contributed by atoms with E-state index in [4.69, 9.17) is 4.74 Å². The Kier molecular flexibility index (Phi) is 5.32. The molecule has 3 N–H and O–H groups in total. The van der Waals surface area contributed by atoms with Crippen molar-refractivity contribution in [1.29, 1.82) is 0 Å². The lowest BCUT2D eigenvalue weighted by Crippen LogP contribution is -2.46. The van der Waals surface area contributed by atoms with Crippen molar-refractivity contribution >= 4 is 29.1 Å². The van der Waals surface area contributed by atoms with Gasteiger partial charge < -0.3 is 25.4 Å². The molecule has 2 aliphatic heterocycles. The Hall–Kier alpha value is -3.39. The zero-order valence-electron chi connectivity index (χ0n) is 18.6. The van der Waals surface area contributed by atoms with E-state index in [1.807, 2.05) is 23.1 Å². The third-order valence-electron chi connectivity index (χ3n) is 6.86. The quantitative estimate of drug-likeness (QED) is 0.617. The van der Waals surface area contributed by atoms with Crippen molar-refractivity contribution in [2.75, 3.05) is 30.4 Å². The maximum atomic E-state index is 12.6. The minimum absolute atomic E-state index is 0.0581. The Labute approximate surface area is 191 Å². The Balaban J connectivity index is 1.26. The number of nitrogens with one attached hydrogen (secondary N) is 2.